The zero-order valence-electron chi connectivity index (χ0n) is 19.0. The maximum absolute atomic E-state index is 12.2. The van der Waals surface area contributed by atoms with Crippen molar-refractivity contribution in [2.75, 3.05) is 38.5 Å². The topological polar surface area (TPSA) is 85.8 Å². The third-order valence-corrected chi connectivity index (χ3v) is 7.82. The van der Waals surface area contributed by atoms with Crippen LogP contribution in [0.25, 0.3) is 0 Å². The van der Waals surface area contributed by atoms with E-state index in [0.29, 0.717) is 30.5 Å². The fraction of sp³-hybridized carbons (Fsp3) is 0.696. The van der Waals surface area contributed by atoms with Crippen LogP contribution in [0.4, 0.5) is 0 Å². The molecule has 1 unspecified atom stereocenters. The summed E-state index contributed by atoms with van der Waals surface area (Å²) in [5.41, 5.74) is 1.36. The molecule has 1 atom stereocenters. The standard InChI is InChI=1S/C23H39N5O2S/c1-3-24-23(25-14-17-31(29,30)26-18-20-8-7-9-20)27-22-12-15-28(16-13-22)19(2)21-10-5-4-6-11-21/h4-6,10-11,19-20,22,26H,3,7-9,12-18H2,1-2H3,(H2,24,25,27). The minimum atomic E-state index is -3.26. The van der Waals surface area contributed by atoms with E-state index in [2.05, 4.69) is 62.5 Å². The van der Waals surface area contributed by atoms with E-state index in [-0.39, 0.29) is 12.3 Å². The van der Waals surface area contributed by atoms with Gasteiger partial charge in [-0.05, 0) is 51.0 Å². The lowest BCUT2D eigenvalue weighted by Gasteiger charge is -2.37. The van der Waals surface area contributed by atoms with Crippen LogP contribution in [0.2, 0.25) is 0 Å². The number of hydrogen-bond donors (Lipinski definition) is 3. The first-order valence-corrected chi connectivity index (χ1v) is 13.4. The SMILES string of the molecule is CCNC(=NCCS(=O)(=O)NCC1CCC1)NC1CCN(C(C)c2ccccc2)CC1. The summed E-state index contributed by atoms with van der Waals surface area (Å²) in [4.78, 5) is 7.04. The Labute approximate surface area is 188 Å². The Bertz CT molecular complexity index is 787. The van der Waals surface area contributed by atoms with Crippen LogP contribution >= 0.6 is 0 Å². The monoisotopic (exact) mass is 449 g/mol. The van der Waals surface area contributed by atoms with E-state index in [1.165, 1.54) is 12.0 Å². The van der Waals surface area contributed by atoms with Crippen molar-refractivity contribution in [3.63, 3.8) is 0 Å². The third-order valence-electron chi connectivity index (χ3n) is 6.49. The molecular formula is C23H39N5O2S. The molecule has 7 nitrogen and oxygen atoms in total. The van der Waals surface area contributed by atoms with Gasteiger partial charge < -0.3 is 10.6 Å². The molecule has 174 valence electrons. The minimum Gasteiger partial charge on any atom is -0.357 e. The number of nitrogens with one attached hydrogen (secondary N) is 3. The van der Waals surface area contributed by atoms with Crippen molar-refractivity contribution in [1.29, 1.82) is 0 Å². The zero-order chi connectivity index (χ0) is 22.1. The van der Waals surface area contributed by atoms with Crippen LogP contribution in [0.1, 0.15) is 57.6 Å². The number of likely N-dealkylation sites (tertiary alicyclic amines) is 1. The Hall–Kier alpha value is -1.64. The highest BCUT2D eigenvalue weighted by Crippen LogP contribution is 2.25. The molecule has 2 aliphatic rings. The number of guanidine groups is 1. The fourth-order valence-electron chi connectivity index (χ4n) is 4.18. The summed E-state index contributed by atoms with van der Waals surface area (Å²) in [7, 11) is -3.26. The number of hydrogen-bond acceptors (Lipinski definition) is 4. The van der Waals surface area contributed by atoms with Gasteiger partial charge in [-0.25, -0.2) is 13.1 Å². The largest absolute Gasteiger partial charge is 0.357 e. The lowest BCUT2D eigenvalue weighted by atomic mass is 9.86. The number of piperidine rings is 1. The predicted octanol–water partition coefficient (Wildman–Crippen LogP) is 2.49. The van der Waals surface area contributed by atoms with Crippen LogP contribution in [0, 0.1) is 5.92 Å². The molecule has 1 aliphatic heterocycles. The van der Waals surface area contributed by atoms with Crippen molar-refractivity contribution in [3.8, 4) is 0 Å². The molecule has 0 spiro atoms. The van der Waals surface area contributed by atoms with E-state index >= 15 is 0 Å². The van der Waals surface area contributed by atoms with Gasteiger partial charge in [-0.2, -0.15) is 0 Å². The number of rotatable bonds is 10. The van der Waals surface area contributed by atoms with Gasteiger partial charge in [0.1, 0.15) is 0 Å². The molecule has 3 rings (SSSR count). The Morgan fingerprint density at radius 3 is 2.48 bits per heavy atom. The van der Waals surface area contributed by atoms with Gasteiger partial charge in [0.2, 0.25) is 10.0 Å². The maximum Gasteiger partial charge on any atom is 0.213 e. The van der Waals surface area contributed by atoms with Crippen molar-refractivity contribution >= 4 is 16.0 Å². The average molecular weight is 450 g/mol. The van der Waals surface area contributed by atoms with Crippen LogP contribution in [0.15, 0.2) is 35.3 Å². The zero-order valence-corrected chi connectivity index (χ0v) is 19.8. The first-order chi connectivity index (χ1) is 15.0. The van der Waals surface area contributed by atoms with Crippen LogP contribution in [-0.2, 0) is 10.0 Å². The Kier molecular flexibility index (Phi) is 9.16. The highest BCUT2D eigenvalue weighted by atomic mass is 32.2. The Balaban J connectivity index is 1.43. The molecular weight excluding hydrogens is 410 g/mol. The van der Waals surface area contributed by atoms with E-state index in [9.17, 15) is 8.42 Å². The molecule has 1 aromatic carbocycles. The minimum absolute atomic E-state index is 0.0311. The van der Waals surface area contributed by atoms with Crippen LogP contribution in [0.3, 0.4) is 0 Å². The van der Waals surface area contributed by atoms with Crippen molar-refractivity contribution in [2.24, 2.45) is 10.9 Å². The maximum atomic E-state index is 12.2. The van der Waals surface area contributed by atoms with E-state index in [4.69, 9.17) is 0 Å². The molecule has 1 saturated carbocycles. The van der Waals surface area contributed by atoms with E-state index in [0.717, 1.165) is 45.3 Å². The molecule has 0 radical (unpaired) electrons. The summed E-state index contributed by atoms with van der Waals surface area (Å²) in [5.74, 6) is 1.27. The molecule has 1 aliphatic carbocycles. The van der Waals surface area contributed by atoms with Gasteiger partial charge in [0, 0.05) is 38.3 Å². The molecule has 2 fully saturated rings. The van der Waals surface area contributed by atoms with Crippen LogP contribution in [-0.4, -0.2) is 63.8 Å². The third kappa shape index (κ3) is 7.77. The quantitative estimate of drug-likeness (QED) is 0.377. The van der Waals surface area contributed by atoms with Crippen molar-refractivity contribution in [3.05, 3.63) is 35.9 Å². The predicted molar refractivity (Wildman–Crippen MR) is 128 cm³/mol. The second-order valence-electron chi connectivity index (χ2n) is 8.77. The molecule has 1 heterocycles. The average Bonchev–Trinajstić information content (AvgIpc) is 2.73. The van der Waals surface area contributed by atoms with E-state index in [1.807, 2.05) is 6.92 Å². The van der Waals surface area contributed by atoms with Gasteiger partial charge >= 0.3 is 0 Å². The number of sulfonamides is 1. The van der Waals surface area contributed by atoms with Gasteiger partial charge in [0.15, 0.2) is 5.96 Å². The summed E-state index contributed by atoms with van der Waals surface area (Å²) in [6.07, 6.45) is 5.58. The van der Waals surface area contributed by atoms with Gasteiger partial charge in [0.25, 0.3) is 0 Å². The summed E-state index contributed by atoms with van der Waals surface area (Å²) in [6, 6.07) is 11.4. The second kappa shape index (κ2) is 11.8. The van der Waals surface area contributed by atoms with Gasteiger partial charge in [-0.15, -0.1) is 0 Å². The summed E-state index contributed by atoms with van der Waals surface area (Å²) < 4.78 is 27.1. The summed E-state index contributed by atoms with van der Waals surface area (Å²) in [5, 5.41) is 6.76. The lowest BCUT2D eigenvalue weighted by Crippen LogP contribution is -2.49. The first-order valence-electron chi connectivity index (χ1n) is 11.8. The van der Waals surface area contributed by atoms with E-state index < -0.39 is 10.0 Å². The molecule has 0 bridgehead atoms. The molecule has 3 N–H and O–H groups in total. The number of nitrogens with zero attached hydrogens (tertiary/aromatic N) is 2. The molecule has 0 aromatic heterocycles. The van der Waals surface area contributed by atoms with Crippen LogP contribution in [0.5, 0.6) is 0 Å². The van der Waals surface area contributed by atoms with Gasteiger partial charge in [-0.1, -0.05) is 36.8 Å². The fourth-order valence-corrected chi connectivity index (χ4v) is 5.14. The van der Waals surface area contributed by atoms with E-state index in [1.54, 1.807) is 0 Å². The highest BCUT2D eigenvalue weighted by Gasteiger charge is 2.24. The van der Waals surface area contributed by atoms with Gasteiger partial charge in [-0.3, -0.25) is 9.89 Å². The molecule has 8 heteroatoms. The molecule has 1 aromatic rings. The lowest BCUT2D eigenvalue weighted by molar-refractivity contribution is 0.158. The number of benzene rings is 1. The Morgan fingerprint density at radius 1 is 1.16 bits per heavy atom. The number of aliphatic imine (C=N–C) groups is 1. The summed E-state index contributed by atoms with van der Waals surface area (Å²) in [6.45, 7) is 7.96. The van der Waals surface area contributed by atoms with Crippen LogP contribution < -0.4 is 15.4 Å². The first kappa shape index (κ1) is 24.0. The van der Waals surface area contributed by atoms with Crippen molar-refractivity contribution in [1.82, 2.24) is 20.3 Å². The molecule has 1 saturated heterocycles. The van der Waals surface area contributed by atoms with Crippen molar-refractivity contribution < 1.29 is 8.42 Å². The molecule has 0 amide bonds. The Morgan fingerprint density at radius 2 is 1.87 bits per heavy atom. The van der Waals surface area contributed by atoms with Gasteiger partial charge in [0.05, 0.1) is 12.3 Å². The van der Waals surface area contributed by atoms with Crippen molar-refractivity contribution in [2.45, 2.75) is 58.0 Å². The molecule has 31 heavy (non-hydrogen) atoms. The smallest absolute Gasteiger partial charge is 0.213 e. The highest BCUT2D eigenvalue weighted by molar-refractivity contribution is 7.89. The normalized spacial score (nSPS) is 20.3. The second-order valence-corrected chi connectivity index (χ2v) is 10.7. The summed E-state index contributed by atoms with van der Waals surface area (Å²) >= 11 is 0.